The number of benzene rings is 2. The third-order valence-corrected chi connectivity index (χ3v) is 3.18. The molecule has 0 amide bonds. The summed E-state index contributed by atoms with van der Waals surface area (Å²) in [6.45, 7) is 3.83. The van der Waals surface area contributed by atoms with E-state index < -0.39 is 17.7 Å². The highest BCUT2D eigenvalue weighted by Gasteiger charge is 2.15. The van der Waals surface area contributed by atoms with Gasteiger partial charge in [-0.2, -0.15) is 0 Å². The normalized spacial score (nSPS) is 12.2. The third-order valence-electron chi connectivity index (χ3n) is 3.18. The van der Waals surface area contributed by atoms with E-state index in [0.29, 0.717) is 0 Å². The highest BCUT2D eigenvalue weighted by Crippen LogP contribution is 2.24. The molecule has 100 valence electrons. The van der Waals surface area contributed by atoms with E-state index in [2.05, 4.69) is 12.2 Å². The molecule has 0 aromatic heterocycles. The van der Waals surface area contributed by atoms with E-state index in [0.717, 1.165) is 12.1 Å². The summed E-state index contributed by atoms with van der Waals surface area (Å²) in [4.78, 5) is 0. The molecule has 0 saturated heterocycles. The van der Waals surface area contributed by atoms with Crippen molar-refractivity contribution in [3.8, 4) is 0 Å². The smallest absolute Gasteiger partial charge is 0.131 e. The maximum atomic E-state index is 13.6. The maximum absolute atomic E-state index is 13.6. The Kier molecular flexibility index (Phi) is 4.15. The van der Waals surface area contributed by atoms with Crippen molar-refractivity contribution in [2.24, 2.45) is 0 Å². The molecule has 19 heavy (non-hydrogen) atoms. The Morgan fingerprint density at radius 2 is 1.58 bits per heavy atom. The fourth-order valence-electron chi connectivity index (χ4n) is 2.08. The Labute approximate surface area is 112 Å². The summed E-state index contributed by atoms with van der Waals surface area (Å²) in [7, 11) is 0. The van der Waals surface area contributed by atoms with E-state index >= 15 is 0 Å². The molecule has 1 N–H and O–H groups in total. The van der Waals surface area contributed by atoms with Crippen LogP contribution in [0.4, 0.5) is 14.5 Å². The quantitative estimate of drug-likeness (QED) is 0.841. The zero-order valence-electron chi connectivity index (χ0n) is 11.1. The van der Waals surface area contributed by atoms with Crippen LogP contribution in [0.2, 0.25) is 0 Å². The maximum Gasteiger partial charge on any atom is 0.131 e. The summed E-state index contributed by atoms with van der Waals surface area (Å²) in [6.07, 6.45) is 0.970. The van der Waals surface area contributed by atoms with Crippen LogP contribution < -0.4 is 5.32 Å². The van der Waals surface area contributed by atoms with Crippen molar-refractivity contribution in [3.05, 3.63) is 65.2 Å². The summed E-state index contributed by atoms with van der Waals surface area (Å²) < 4.78 is 27.3. The van der Waals surface area contributed by atoms with Gasteiger partial charge in [0.05, 0.1) is 6.04 Å². The van der Waals surface area contributed by atoms with Gasteiger partial charge in [-0.1, -0.05) is 25.1 Å². The molecule has 0 spiro atoms. The molecule has 2 aromatic carbocycles. The Morgan fingerprint density at radius 3 is 2.11 bits per heavy atom. The Balaban J connectivity index is 2.18. The van der Waals surface area contributed by atoms with Crippen molar-refractivity contribution in [2.75, 3.05) is 5.32 Å². The molecule has 0 fully saturated rings. The van der Waals surface area contributed by atoms with Crippen molar-refractivity contribution in [3.63, 3.8) is 0 Å². The number of rotatable bonds is 4. The van der Waals surface area contributed by atoms with Crippen molar-refractivity contribution < 1.29 is 8.78 Å². The molecule has 0 aliphatic heterocycles. The minimum absolute atomic E-state index is 0.0714. The fourth-order valence-corrected chi connectivity index (χ4v) is 2.08. The molecule has 0 bridgehead atoms. The molecule has 1 atom stereocenters. The molecular weight excluding hydrogens is 244 g/mol. The summed E-state index contributed by atoms with van der Waals surface area (Å²) >= 11 is 0. The number of aryl methyl sites for hydroxylation is 1. The molecule has 0 saturated carbocycles. The topological polar surface area (TPSA) is 12.0 Å². The van der Waals surface area contributed by atoms with Crippen LogP contribution in [0.3, 0.4) is 0 Å². The number of hydrogen-bond acceptors (Lipinski definition) is 1. The molecule has 2 aromatic rings. The Morgan fingerprint density at radius 1 is 1.00 bits per heavy atom. The second-order valence-corrected chi connectivity index (χ2v) is 4.55. The van der Waals surface area contributed by atoms with Gasteiger partial charge in [-0.05, 0) is 43.2 Å². The highest BCUT2D eigenvalue weighted by atomic mass is 19.1. The monoisotopic (exact) mass is 261 g/mol. The lowest BCUT2D eigenvalue weighted by Gasteiger charge is -2.17. The molecular formula is C16H17F2N. The van der Waals surface area contributed by atoms with Crippen LogP contribution in [0.5, 0.6) is 0 Å². The summed E-state index contributed by atoms with van der Waals surface area (Å²) in [5, 5.41) is 3.11. The summed E-state index contributed by atoms with van der Waals surface area (Å²) in [6, 6.07) is 11.4. The fraction of sp³-hybridized carbons (Fsp3) is 0.250. The van der Waals surface area contributed by atoms with Gasteiger partial charge in [0.15, 0.2) is 0 Å². The van der Waals surface area contributed by atoms with E-state index in [4.69, 9.17) is 0 Å². The van der Waals surface area contributed by atoms with Crippen molar-refractivity contribution in [1.29, 1.82) is 0 Å². The minimum Gasteiger partial charge on any atom is -0.378 e. The Hall–Kier alpha value is -1.90. The van der Waals surface area contributed by atoms with Gasteiger partial charge in [-0.3, -0.25) is 0 Å². The first-order valence-corrected chi connectivity index (χ1v) is 6.41. The third kappa shape index (κ3) is 3.11. The average Bonchev–Trinajstić information content (AvgIpc) is 2.39. The van der Waals surface area contributed by atoms with Crippen LogP contribution in [0.1, 0.15) is 31.0 Å². The first kappa shape index (κ1) is 13.5. The van der Waals surface area contributed by atoms with Gasteiger partial charge in [0.25, 0.3) is 0 Å². The summed E-state index contributed by atoms with van der Waals surface area (Å²) in [5.41, 5.74) is 2.16. The van der Waals surface area contributed by atoms with Gasteiger partial charge in [0.1, 0.15) is 11.6 Å². The average molecular weight is 261 g/mol. The second kappa shape index (κ2) is 5.83. The molecule has 2 rings (SSSR count). The van der Waals surface area contributed by atoms with Crippen LogP contribution in [-0.4, -0.2) is 0 Å². The lowest BCUT2D eigenvalue weighted by atomic mass is 10.1. The minimum atomic E-state index is -0.523. The predicted molar refractivity (Wildman–Crippen MR) is 74.2 cm³/mol. The number of anilines is 1. The first-order valence-electron chi connectivity index (χ1n) is 6.41. The van der Waals surface area contributed by atoms with Gasteiger partial charge >= 0.3 is 0 Å². The van der Waals surface area contributed by atoms with Crippen LogP contribution >= 0.6 is 0 Å². The van der Waals surface area contributed by atoms with E-state index in [-0.39, 0.29) is 5.56 Å². The molecule has 0 aliphatic rings. The molecule has 1 unspecified atom stereocenters. The lowest BCUT2D eigenvalue weighted by Crippen LogP contribution is -2.10. The predicted octanol–water partition coefficient (Wildman–Crippen LogP) is 4.70. The Bertz CT molecular complexity index is 529. The SMILES string of the molecule is CCc1ccc(NC(C)c2c(F)cccc2F)cc1. The van der Waals surface area contributed by atoms with E-state index in [9.17, 15) is 8.78 Å². The largest absolute Gasteiger partial charge is 0.378 e. The van der Waals surface area contributed by atoms with E-state index in [1.807, 2.05) is 24.3 Å². The lowest BCUT2D eigenvalue weighted by molar-refractivity contribution is 0.544. The highest BCUT2D eigenvalue weighted by molar-refractivity contribution is 5.47. The number of hydrogen-bond donors (Lipinski definition) is 1. The van der Waals surface area contributed by atoms with Crippen LogP contribution in [0, 0.1) is 11.6 Å². The van der Waals surface area contributed by atoms with Gasteiger partial charge in [0.2, 0.25) is 0 Å². The molecule has 0 aliphatic carbocycles. The van der Waals surface area contributed by atoms with Crippen molar-refractivity contribution in [2.45, 2.75) is 26.3 Å². The summed E-state index contributed by atoms with van der Waals surface area (Å²) in [5.74, 6) is -1.05. The van der Waals surface area contributed by atoms with Gasteiger partial charge < -0.3 is 5.32 Å². The van der Waals surface area contributed by atoms with Crippen LogP contribution in [0.25, 0.3) is 0 Å². The van der Waals surface area contributed by atoms with Crippen LogP contribution in [0.15, 0.2) is 42.5 Å². The van der Waals surface area contributed by atoms with Crippen molar-refractivity contribution in [1.82, 2.24) is 0 Å². The van der Waals surface area contributed by atoms with Gasteiger partial charge in [-0.25, -0.2) is 8.78 Å². The van der Waals surface area contributed by atoms with E-state index in [1.54, 1.807) is 6.92 Å². The van der Waals surface area contributed by atoms with Crippen molar-refractivity contribution >= 4 is 5.69 Å². The molecule has 1 nitrogen and oxygen atoms in total. The standard InChI is InChI=1S/C16H17F2N/c1-3-12-7-9-13(10-8-12)19-11(2)16-14(17)5-4-6-15(16)18/h4-11,19H,3H2,1-2H3. The number of halogens is 2. The molecule has 0 heterocycles. The zero-order valence-corrected chi connectivity index (χ0v) is 11.1. The second-order valence-electron chi connectivity index (χ2n) is 4.55. The zero-order chi connectivity index (χ0) is 13.8. The van der Waals surface area contributed by atoms with Crippen LogP contribution in [-0.2, 0) is 6.42 Å². The first-order chi connectivity index (χ1) is 9.11. The molecule has 0 radical (unpaired) electrons. The van der Waals surface area contributed by atoms with E-state index in [1.165, 1.54) is 23.8 Å². The van der Waals surface area contributed by atoms with Gasteiger partial charge in [0, 0.05) is 11.3 Å². The number of nitrogens with one attached hydrogen (secondary N) is 1. The van der Waals surface area contributed by atoms with Gasteiger partial charge in [-0.15, -0.1) is 0 Å². The molecule has 3 heteroatoms.